The molecule has 2 heterocycles. The molecule has 4 rings (SSSR count). The van der Waals surface area contributed by atoms with E-state index in [0.717, 1.165) is 18.2 Å². The molecule has 0 radical (unpaired) electrons. The number of aliphatic hydroxyl groups excluding tert-OH is 4. The molecule has 6 atom stereocenters. The summed E-state index contributed by atoms with van der Waals surface area (Å²) in [4.78, 5) is 0. The van der Waals surface area contributed by atoms with Crippen LogP contribution in [0.15, 0.2) is 30.0 Å². The van der Waals surface area contributed by atoms with Crippen LogP contribution in [0.2, 0.25) is 0 Å². The number of fused-ring (bicyclic) bond motifs is 1. The first kappa shape index (κ1) is 22.8. The number of rotatable bonds is 4. The SMILES string of the molecule is [O-]c1c(O)cc(C2[OH+]c3cc(O)cc(O)c3C=C2O[C@@H]2O[C@H](CO)[C@@H](O)[C@H](O)[C@H]2O)cc1O. The zero-order valence-electron chi connectivity index (χ0n) is 16.8. The molecule has 12 nitrogen and oxygen atoms in total. The van der Waals surface area contributed by atoms with E-state index < -0.39 is 60.7 Å². The van der Waals surface area contributed by atoms with Gasteiger partial charge in [-0.3, -0.25) is 0 Å². The van der Waals surface area contributed by atoms with Crippen LogP contribution < -0.4 is 5.11 Å². The Morgan fingerprint density at radius 3 is 2.21 bits per heavy atom. The molecule has 0 saturated carbocycles. The first-order valence-corrected chi connectivity index (χ1v) is 9.79. The molecule has 1 fully saturated rings. The lowest BCUT2D eigenvalue weighted by molar-refractivity contribution is -0.295. The van der Waals surface area contributed by atoms with E-state index >= 15 is 0 Å². The third-order valence-corrected chi connectivity index (χ3v) is 5.43. The van der Waals surface area contributed by atoms with Crippen molar-refractivity contribution < 1.29 is 60.2 Å². The summed E-state index contributed by atoms with van der Waals surface area (Å²) in [5, 5.41) is 91.2. The first-order valence-electron chi connectivity index (χ1n) is 9.79. The molecule has 2 aliphatic rings. The zero-order chi connectivity index (χ0) is 24.0. The van der Waals surface area contributed by atoms with Gasteiger partial charge >= 0.3 is 0 Å². The van der Waals surface area contributed by atoms with Crippen LogP contribution in [0.1, 0.15) is 17.2 Å². The van der Waals surface area contributed by atoms with Crippen molar-refractivity contribution in [3.05, 3.63) is 41.2 Å². The summed E-state index contributed by atoms with van der Waals surface area (Å²) in [5.74, 6) is -3.18. The van der Waals surface area contributed by atoms with E-state index in [1.165, 1.54) is 12.1 Å². The molecule has 0 aliphatic carbocycles. The van der Waals surface area contributed by atoms with Gasteiger partial charge in [0.15, 0.2) is 5.76 Å². The third-order valence-electron chi connectivity index (χ3n) is 5.43. The van der Waals surface area contributed by atoms with Gasteiger partial charge in [-0.05, 0) is 17.9 Å². The minimum Gasteiger partial charge on any atom is -0.867 e. The van der Waals surface area contributed by atoms with Crippen molar-refractivity contribution in [3.8, 4) is 34.5 Å². The van der Waals surface area contributed by atoms with E-state index in [0.29, 0.717) is 0 Å². The fraction of sp³-hybridized carbons (Fsp3) is 0.333. The topological polar surface area (TPSA) is 216 Å². The van der Waals surface area contributed by atoms with E-state index in [9.17, 15) is 46.0 Å². The molecule has 2 aromatic rings. The van der Waals surface area contributed by atoms with Crippen molar-refractivity contribution in [2.45, 2.75) is 36.8 Å². The molecule has 0 amide bonds. The molecule has 9 N–H and O–H groups in total. The Labute approximate surface area is 186 Å². The molecular formula is C21H22O12. The second-order valence-corrected chi connectivity index (χ2v) is 7.68. The molecule has 33 heavy (non-hydrogen) atoms. The van der Waals surface area contributed by atoms with Gasteiger partial charge in [-0.25, -0.2) is 0 Å². The van der Waals surface area contributed by atoms with Crippen LogP contribution in [-0.4, -0.2) is 82.9 Å². The van der Waals surface area contributed by atoms with Crippen LogP contribution >= 0.6 is 0 Å². The molecule has 2 aromatic carbocycles. The largest absolute Gasteiger partial charge is 0.867 e. The number of hydrogen-bond donors (Lipinski definition) is 8. The zero-order valence-corrected chi connectivity index (χ0v) is 16.8. The minimum atomic E-state index is -1.75. The fourth-order valence-corrected chi connectivity index (χ4v) is 3.70. The highest BCUT2D eigenvalue weighted by atomic mass is 16.7. The average Bonchev–Trinajstić information content (AvgIpc) is 2.77. The number of hydrogen-bond acceptors (Lipinski definition) is 11. The van der Waals surface area contributed by atoms with Crippen LogP contribution in [0.4, 0.5) is 0 Å². The van der Waals surface area contributed by atoms with Gasteiger partial charge in [0.2, 0.25) is 6.29 Å². The van der Waals surface area contributed by atoms with Gasteiger partial charge in [-0.2, -0.15) is 0 Å². The Bertz CT molecular complexity index is 1060. The summed E-state index contributed by atoms with van der Waals surface area (Å²) < 4.78 is 15.4. The predicted octanol–water partition coefficient (Wildman–Crippen LogP) is -1.26. The molecular weight excluding hydrogens is 444 g/mol. The summed E-state index contributed by atoms with van der Waals surface area (Å²) in [6.45, 7) is -0.687. The van der Waals surface area contributed by atoms with Gasteiger partial charge in [-0.1, -0.05) is 0 Å². The van der Waals surface area contributed by atoms with Gasteiger partial charge in [0, 0.05) is 12.1 Å². The smallest absolute Gasteiger partial charge is 0.270 e. The van der Waals surface area contributed by atoms with E-state index in [4.69, 9.17) is 9.47 Å². The number of aromatic hydroxyl groups is 5. The van der Waals surface area contributed by atoms with Crippen LogP contribution in [0.5, 0.6) is 34.5 Å². The maximum absolute atomic E-state index is 11.7. The monoisotopic (exact) mass is 466 g/mol. The van der Waals surface area contributed by atoms with Crippen LogP contribution in [-0.2, 0) is 9.47 Å². The Hall–Kier alpha value is -3.42. The van der Waals surface area contributed by atoms with Gasteiger partial charge in [0.25, 0.3) is 11.9 Å². The predicted molar refractivity (Wildman–Crippen MR) is 106 cm³/mol. The molecule has 178 valence electrons. The van der Waals surface area contributed by atoms with Crippen LogP contribution in [0.25, 0.3) is 6.08 Å². The van der Waals surface area contributed by atoms with Gasteiger partial charge in [-0.15, -0.1) is 0 Å². The summed E-state index contributed by atoms with van der Waals surface area (Å²) in [6, 6.07) is 4.37. The standard InChI is InChI=1S/C21H22O12/c22-6-15-17(28)18(29)19(30)21(33-15)32-14-5-9-10(24)3-8(23)4-13(9)31-20(14)7-1-11(25)16(27)12(26)2-7/h1-5,15,17-30H,6H2/t15-,17-,18+,19-,20?,21-/m1/s1. The van der Waals surface area contributed by atoms with Crippen molar-refractivity contribution >= 4 is 6.08 Å². The number of phenolic OH excluding ortho intramolecular Hbond substituents is 4. The van der Waals surface area contributed by atoms with Crippen molar-refractivity contribution in [1.82, 2.24) is 0 Å². The summed E-state index contributed by atoms with van der Waals surface area (Å²) in [7, 11) is 0. The molecule has 0 spiro atoms. The van der Waals surface area contributed by atoms with Crippen molar-refractivity contribution in [1.29, 1.82) is 0 Å². The second-order valence-electron chi connectivity index (χ2n) is 7.68. The Morgan fingerprint density at radius 2 is 1.58 bits per heavy atom. The quantitative estimate of drug-likeness (QED) is 0.249. The number of aliphatic hydroxyl groups is 5. The second kappa shape index (κ2) is 8.50. The van der Waals surface area contributed by atoms with E-state index in [1.54, 1.807) is 0 Å². The van der Waals surface area contributed by atoms with E-state index in [2.05, 4.69) is 4.74 Å². The van der Waals surface area contributed by atoms with Gasteiger partial charge in [0.05, 0.1) is 18.2 Å². The Morgan fingerprint density at radius 1 is 0.909 bits per heavy atom. The van der Waals surface area contributed by atoms with Crippen LogP contribution in [0, 0.1) is 0 Å². The molecule has 12 heteroatoms. The normalized spacial score (nSPS) is 29.0. The first-order chi connectivity index (χ1) is 15.6. The maximum Gasteiger partial charge on any atom is 0.270 e. The average molecular weight is 466 g/mol. The number of phenols is 4. The fourth-order valence-electron chi connectivity index (χ4n) is 3.70. The summed E-state index contributed by atoms with van der Waals surface area (Å²) in [5.41, 5.74) is 0.200. The highest BCUT2D eigenvalue weighted by molar-refractivity contribution is 5.69. The van der Waals surface area contributed by atoms with Crippen molar-refractivity contribution in [2.24, 2.45) is 0 Å². The summed E-state index contributed by atoms with van der Waals surface area (Å²) >= 11 is 0. The maximum atomic E-state index is 11.7. The molecule has 2 aliphatic heterocycles. The highest BCUT2D eigenvalue weighted by Crippen LogP contribution is 2.47. The summed E-state index contributed by atoms with van der Waals surface area (Å²) in [6.07, 6.45) is -7.79. The molecule has 0 aromatic heterocycles. The lowest BCUT2D eigenvalue weighted by atomic mass is 9.98. The lowest BCUT2D eigenvalue weighted by Crippen LogP contribution is -2.59. The van der Waals surface area contributed by atoms with Crippen molar-refractivity contribution in [2.75, 3.05) is 6.61 Å². The van der Waals surface area contributed by atoms with Crippen molar-refractivity contribution in [3.63, 3.8) is 0 Å². The lowest BCUT2D eigenvalue weighted by Gasteiger charge is -2.40. The number of ether oxygens (including phenoxy) is 3. The van der Waals surface area contributed by atoms with E-state index in [-0.39, 0.29) is 34.1 Å². The molecule has 0 bridgehead atoms. The highest BCUT2D eigenvalue weighted by Gasteiger charge is 2.46. The Balaban J connectivity index is 1.76. The third kappa shape index (κ3) is 4.05. The van der Waals surface area contributed by atoms with Gasteiger partial charge in [0.1, 0.15) is 53.0 Å². The Kier molecular flexibility index (Phi) is 5.86. The molecule has 1 saturated heterocycles. The minimum absolute atomic E-state index is 0.0777. The molecule has 1 unspecified atom stereocenters. The van der Waals surface area contributed by atoms with Crippen LogP contribution in [0.3, 0.4) is 0 Å². The van der Waals surface area contributed by atoms with E-state index in [1.807, 2.05) is 0 Å². The van der Waals surface area contributed by atoms with Gasteiger partial charge < -0.3 is 60.2 Å². The number of benzene rings is 2.